The fourth-order valence-electron chi connectivity index (χ4n) is 3.88. The van der Waals surface area contributed by atoms with Crippen molar-refractivity contribution < 1.29 is 22.8 Å². The minimum atomic E-state index is -4.44. The average Bonchev–Trinajstić information content (AvgIpc) is 3.75. The van der Waals surface area contributed by atoms with Crippen LogP contribution in [-0.2, 0) is 15.8 Å². The third-order valence-corrected chi connectivity index (χ3v) is 6.01. The Labute approximate surface area is 194 Å². The van der Waals surface area contributed by atoms with Gasteiger partial charge in [-0.1, -0.05) is 30.3 Å². The van der Waals surface area contributed by atoms with Crippen LogP contribution in [0.1, 0.15) is 31.2 Å². The average molecular weight is 468 g/mol. The molecular formula is C25H23F3N4O2. The third-order valence-electron chi connectivity index (χ3n) is 6.01. The number of benzene rings is 2. The number of carbonyl (C=O) groups is 2. The fraction of sp³-hybridized carbons (Fsp3) is 0.320. The van der Waals surface area contributed by atoms with Gasteiger partial charge in [-0.15, -0.1) is 0 Å². The molecule has 2 aliphatic rings. The summed E-state index contributed by atoms with van der Waals surface area (Å²) in [6.07, 6.45) is 0.737. The Hall–Kier alpha value is -3.62. The van der Waals surface area contributed by atoms with Crippen LogP contribution in [0, 0.1) is 5.92 Å². The summed E-state index contributed by atoms with van der Waals surface area (Å²) in [7, 11) is 0. The van der Waals surface area contributed by atoms with Crippen LogP contribution in [0.5, 0.6) is 0 Å². The van der Waals surface area contributed by atoms with Crippen molar-refractivity contribution in [2.75, 3.05) is 11.9 Å². The Bertz CT molecular complexity index is 1200. The number of aromatic nitrogens is 2. The summed E-state index contributed by atoms with van der Waals surface area (Å²) in [4.78, 5) is 31.7. The molecule has 1 N–H and O–H groups in total. The van der Waals surface area contributed by atoms with E-state index in [9.17, 15) is 22.8 Å². The van der Waals surface area contributed by atoms with Crippen LogP contribution in [0.4, 0.5) is 19.1 Å². The minimum absolute atomic E-state index is 0.0206. The number of hydrogen-bond acceptors (Lipinski definition) is 3. The summed E-state index contributed by atoms with van der Waals surface area (Å²) >= 11 is 0. The standard InChI is InChI=1S/C25H23F3N4O2/c26-25(27,28)18-8-10-20(11-9-18)32-14-21(16-4-2-1-3-5-16)29-24(32)30-22(33)15-31(19-12-13-19)23(34)17-6-7-17/h1-5,8-11,14,17,19H,6-7,12-13,15H2,(H,29,30,33). The van der Waals surface area contributed by atoms with Crippen molar-refractivity contribution in [3.63, 3.8) is 0 Å². The number of nitrogens with zero attached hydrogens (tertiary/aromatic N) is 3. The van der Waals surface area contributed by atoms with E-state index >= 15 is 0 Å². The first-order valence-electron chi connectivity index (χ1n) is 11.2. The van der Waals surface area contributed by atoms with E-state index < -0.39 is 11.7 Å². The van der Waals surface area contributed by atoms with Crippen LogP contribution in [0.15, 0.2) is 60.8 Å². The maximum atomic E-state index is 13.0. The molecule has 0 spiro atoms. The predicted molar refractivity (Wildman–Crippen MR) is 120 cm³/mol. The monoisotopic (exact) mass is 468 g/mol. The van der Waals surface area contributed by atoms with E-state index in [1.54, 1.807) is 15.7 Å². The van der Waals surface area contributed by atoms with Crippen molar-refractivity contribution in [3.8, 4) is 16.9 Å². The summed E-state index contributed by atoms with van der Waals surface area (Å²) < 4.78 is 40.6. The molecule has 2 aliphatic carbocycles. The Morgan fingerprint density at radius 3 is 2.26 bits per heavy atom. The maximum absolute atomic E-state index is 13.0. The lowest BCUT2D eigenvalue weighted by molar-refractivity contribution is -0.137. The number of nitrogens with one attached hydrogen (secondary N) is 1. The number of carbonyl (C=O) groups excluding carboxylic acids is 2. The second-order valence-corrected chi connectivity index (χ2v) is 8.75. The largest absolute Gasteiger partial charge is 0.416 e. The van der Waals surface area contributed by atoms with Crippen LogP contribution in [0.3, 0.4) is 0 Å². The van der Waals surface area contributed by atoms with Gasteiger partial charge in [-0.2, -0.15) is 13.2 Å². The summed E-state index contributed by atoms with van der Waals surface area (Å²) in [5.74, 6) is -0.168. The van der Waals surface area contributed by atoms with Gasteiger partial charge in [-0.25, -0.2) is 4.98 Å². The predicted octanol–water partition coefficient (Wildman–Crippen LogP) is 4.90. The maximum Gasteiger partial charge on any atom is 0.416 e. The van der Waals surface area contributed by atoms with Crippen molar-refractivity contribution in [3.05, 3.63) is 66.4 Å². The molecule has 1 heterocycles. The van der Waals surface area contributed by atoms with Gasteiger partial charge in [0.2, 0.25) is 17.8 Å². The van der Waals surface area contributed by atoms with Crippen LogP contribution in [-0.4, -0.2) is 38.9 Å². The molecule has 2 fully saturated rings. The van der Waals surface area contributed by atoms with Crippen molar-refractivity contribution in [1.82, 2.24) is 14.5 Å². The Balaban J connectivity index is 1.42. The van der Waals surface area contributed by atoms with Crippen molar-refractivity contribution in [2.24, 2.45) is 5.92 Å². The van der Waals surface area contributed by atoms with Gasteiger partial charge in [-0.3, -0.25) is 19.5 Å². The highest BCUT2D eigenvalue weighted by atomic mass is 19.4. The molecule has 176 valence electrons. The normalized spacial score (nSPS) is 15.7. The lowest BCUT2D eigenvalue weighted by Gasteiger charge is -2.21. The van der Waals surface area contributed by atoms with Gasteiger partial charge in [0.05, 0.1) is 11.3 Å². The molecule has 0 aliphatic heterocycles. The molecular weight excluding hydrogens is 445 g/mol. The van der Waals surface area contributed by atoms with E-state index in [2.05, 4.69) is 10.3 Å². The van der Waals surface area contributed by atoms with Gasteiger partial charge >= 0.3 is 6.18 Å². The van der Waals surface area contributed by atoms with Gasteiger partial charge < -0.3 is 4.90 Å². The number of alkyl halides is 3. The van der Waals surface area contributed by atoms with Crippen molar-refractivity contribution >= 4 is 17.8 Å². The Kier molecular flexibility index (Phi) is 5.63. The lowest BCUT2D eigenvalue weighted by Crippen LogP contribution is -2.40. The molecule has 6 nitrogen and oxygen atoms in total. The van der Waals surface area contributed by atoms with Gasteiger partial charge in [0.25, 0.3) is 0 Å². The molecule has 2 saturated carbocycles. The van der Waals surface area contributed by atoms with Crippen molar-refractivity contribution in [1.29, 1.82) is 0 Å². The van der Waals surface area contributed by atoms with Gasteiger partial charge in [0.1, 0.15) is 6.54 Å². The molecule has 0 atom stereocenters. The van der Waals surface area contributed by atoms with E-state index in [4.69, 9.17) is 0 Å². The van der Waals surface area contributed by atoms with Crippen LogP contribution in [0.25, 0.3) is 16.9 Å². The first-order valence-corrected chi connectivity index (χ1v) is 11.2. The molecule has 0 radical (unpaired) electrons. The number of imidazole rings is 1. The topological polar surface area (TPSA) is 67.2 Å². The Morgan fingerprint density at radius 1 is 1.00 bits per heavy atom. The SMILES string of the molecule is O=C(CN(C(=O)C1CC1)C1CC1)Nc1nc(-c2ccccc2)cn1-c1ccc(C(F)(F)F)cc1. The molecule has 0 bridgehead atoms. The zero-order valence-corrected chi connectivity index (χ0v) is 18.3. The first-order chi connectivity index (χ1) is 16.3. The number of amides is 2. The van der Waals surface area contributed by atoms with Crippen LogP contribution < -0.4 is 5.32 Å². The quantitative estimate of drug-likeness (QED) is 0.537. The number of rotatable bonds is 7. The zero-order chi connectivity index (χ0) is 23.9. The van der Waals surface area contributed by atoms with Crippen LogP contribution in [0.2, 0.25) is 0 Å². The molecule has 34 heavy (non-hydrogen) atoms. The zero-order valence-electron chi connectivity index (χ0n) is 18.3. The summed E-state index contributed by atoms with van der Waals surface area (Å²) in [5.41, 5.74) is 1.02. The second kappa shape index (κ2) is 8.62. The van der Waals surface area contributed by atoms with E-state index in [-0.39, 0.29) is 36.3 Å². The summed E-state index contributed by atoms with van der Waals surface area (Å²) in [6.45, 7) is -0.0689. The molecule has 2 amide bonds. The van der Waals surface area contributed by atoms with Gasteiger partial charge in [0.15, 0.2) is 0 Å². The van der Waals surface area contributed by atoms with E-state index in [0.717, 1.165) is 43.4 Å². The van der Waals surface area contributed by atoms with Crippen molar-refractivity contribution in [2.45, 2.75) is 37.9 Å². The first kappa shape index (κ1) is 22.2. The second-order valence-electron chi connectivity index (χ2n) is 8.75. The van der Waals surface area contributed by atoms with Gasteiger partial charge in [-0.05, 0) is 49.9 Å². The molecule has 5 rings (SSSR count). The molecule has 2 aromatic carbocycles. The van der Waals surface area contributed by atoms with Gasteiger partial charge in [0, 0.05) is 29.4 Å². The third kappa shape index (κ3) is 4.83. The summed E-state index contributed by atoms with van der Waals surface area (Å²) in [5, 5.41) is 2.77. The number of hydrogen-bond donors (Lipinski definition) is 1. The molecule has 3 aromatic rings. The highest BCUT2D eigenvalue weighted by Crippen LogP contribution is 2.36. The van der Waals surface area contributed by atoms with E-state index in [1.807, 2.05) is 30.3 Å². The highest BCUT2D eigenvalue weighted by molar-refractivity contribution is 5.94. The lowest BCUT2D eigenvalue weighted by atomic mass is 10.2. The Morgan fingerprint density at radius 2 is 1.68 bits per heavy atom. The molecule has 0 unspecified atom stereocenters. The minimum Gasteiger partial charge on any atom is -0.330 e. The molecule has 1 aromatic heterocycles. The fourth-order valence-corrected chi connectivity index (χ4v) is 3.88. The molecule has 0 saturated heterocycles. The number of anilines is 1. The summed E-state index contributed by atoms with van der Waals surface area (Å²) in [6, 6.07) is 14.0. The van der Waals surface area contributed by atoms with E-state index in [1.165, 1.54) is 12.1 Å². The number of halogens is 3. The highest BCUT2D eigenvalue weighted by Gasteiger charge is 2.40. The van der Waals surface area contributed by atoms with Crippen LogP contribution >= 0.6 is 0 Å². The molecule has 9 heteroatoms. The van der Waals surface area contributed by atoms with E-state index in [0.29, 0.717) is 11.4 Å². The smallest absolute Gasteiger partial charge is 0.330 e.